The SMILES string of the molecule is COc1ccccc1COCCCOc1ccc(N2C(=O)CNC[C@@H]2COc2ccc(C(=O)N(C)C)cc2)cc1. The summed E-state index contributed by atoms with van der Waals surface area (Å²) >= 11 is 0. The molecule has 1 atom stereocenters. The maximum Gasteiger partial charge on any atom is 0.253 e. The van der Waals surface area contributed by atoms with Crippen LogP contribution in [0.15, 0.2) is 72.8 Å². The average Bonchev–Trinajstić information content (AvgIpc) is 2.98. The van der Waals surface area contributed by atoms with Crippen molar-refractivity contribution in [2.24, 2.45) is 0 Å². The van der Waals surface area contributed by atoms with E-state index >= 15 is 0 Å². The van der Waals surface area contributed by atoms with Crippen LogP contribution in [0.3, 0.4) is 0 Å². The Morgan fingerprint density at radius 2 is 1.65 bits per heavy atom. The van der Waals surface area contributed by atoms with Gasteiger partial charge in [0.2, 0.25) is 5.91 Å². The largest absolute Gasteiger partial charge is 0.496 e. The van der Waals surface area contributed by atoms with Gasteiger partial charge >= 0.3 is 0 Å². The summed E-state index contributed by atoms with van der Waals surface area (Å²) in [5.74, 6) is 2.11. The van der Waals surface area contributed by atoms with Crippen molar-refractivity contribution in [1.29, 1.82) is 0 Å². The van der Waals surface area contributed by atoms with E-state index in [-0.39, 0.29) is 24.4 Å². The first-order chi connectivity index (χ1) is 19.5. The number of nitrogens with one attached hydrogen (secondary N) is 1. The van der Waals surface area contributed by atoms with Crippen LogP contribution in [0.5, 0.6) is 17.2 Å². The summed E-state index contributed by atoms with van der Waals surface area (Å²) in [6.07, 6.45) is 0.747. The molecular weight excluding hydrogens is 510 g/mol. The second-order valence-electron chi connectivity index (χ2n) is 9.64. The molecule has 9 nitrogen and oxygen atoms in total. The third kappa shape index (κ3) is 7.74. The molecule has 1 fully saturated rings. The fraction of sp³-hybridized carbons (Fsp3) is 0.355. The normalized spacial score (nSPS) is 15.0. The molecule has 3 aromatic carbocycles. The minimum absolute atomic E-state index is 0.0207. The number of benzene rings is 3. The van der Waals surface area contributed by atoms with Crippen molar-refractivity contribution in [2.45, 2.75) is 19.1 Å². The Bertz CT molecular complexity index is 1250. The Morgan fingerprint density at radius 3 is 2.38 bits per heavy atom. The molecular formula is C31H37N3O6. The first-order valence-corrected chi connectivity index (χ1v) is 13.4. The molecule has 1 aliphatic heterocycles. The van der Waals surface area contributed by atoms with E-state index in [1.165, 1.54) is 4.90 Å². The zero-order chi connectivity index (χ0) is 28.3. The molecule has 1 heterocycles. The maximum absolute atomic E-state index is 12.8. The third-order valence-corrected chi connectivity index (χ3v) is 6.51. The molecule has 1 aliphatic rings. The molecule has 9 heteroatoms. The van der Waals surface area contributed by atoms with Gasteiger partial charge in [-0.05, 0) is 54.6 Å². The summed E-state index contributed by atoms with van der Waals surface area (Å²) in [7, 11) is 5.09. The third-order valence-electron chi connectivity index (χ3n) is 6.51. The molecule has 0 spiro atoms. The fourth-order valence-electron chi connectivity index (χ4n) is 4.42. The molecule has 1 N–H and O–H groups in total. The van der Waals surface area contributed by atoms with Crippen molar-refractivity contribution < 1.29 is 28.5 Å². The van der Waals surface area contributed by atoms with Gasteiger partial charge in [0.05, 0.1) is 39.5 Å². The zero-order valence-corrected chi connectivity index (χ0v) is 23.3. The fourth-order valence-corrected chi connectivity index (χ4v) is 4.42. The second-order valence-corrected chi connectivity index (χ2v) is 9.64. The molecule has 1 saturated heterocycles. The van der Waals surface area contributed by atoms with Crippen LogP contribution >= 0.6 is 0 Å². The lowest BCUT2D eigenvalue weighted by Gasteiger charge is -2.36. The van der Waals surface area contributed by atoms with Gasteiger partial charge in [0.1, 0.15) is 23.9 Å². The van der Waals surface area contributed by atoms with Gasteiger partial charge in [-0.3, -0.25) is 9.59 Å². The van der Waals surface area contributed by atoms with E-state index in [9.17, 15) is 9.59 Å². The van der Waals surface area contributed by atoms with Gasteiger partial charge < -0.3 is 34.1 Å². The van der Waals surface area contributed by atoms with Crippen molar-refractivity contribution in [3.8, 4) is 17.2 Å². The van der Waals surface area contributed by atoms with Gasteiger partial charge in [-0.1, -0.05) is 18.2 Å². The molecule has 0 aliphatic carbocycles. The molecule has 40 heavy (non-hydrogen) atoms. The maximum atomic E-state index is 12.8. The van der Waals surface area contributed by atoms with Gasteiger partial charge in [0.15, 0.2) is 0 Å². The van der Waals surface area contributed by atoms with Crippen LogP contribution in [0.25, 0.3) is 0 Å². The van der Waals surface area contributed by atoms with E-state index in [4.69, 9.17) is 18.9 Å². The smallest absolute Gasteiger partial charge is 0.253 e. The quantitative estimate of drug-likeness (QED) is 0.326. The highest BCUT2D eigenvalue weighted by Crippen LogP contribution is 2.24. The molecule has 212 valence electrons. The number of rotatable bonds is 13. The highest BCUT2D eigenvalue weighted by atomic mass is 16.5. The lowest BCUT2D eigenvalue weighted by molar-refractivity contribution is -0.119. The van der Waals surface area contributed by atoms with Crippen molar-refractivity contribution in [2.75, 3.05) is 59.0 Å². The number of amides is 2. The molecule has 0 bridgehead atoms. The molecule has 4 rings (SSSR count). The molecule has 0 aromatic heterocycles. The van der Waals surface area contributed by atoms with E-state index in [0.29, 0.717) is 44.3 Å². The van der Waals surface area contributed by atoms with Gasteiger partial charge in [0, 0.05) is 43.9 Å². The van der Waals surface area contributed by atoms with Crippen molar-refractivity contribution in [3.05, 3.63) is 83.9 Å². The van der Waals surface area contributed by atoms with Gasteiger partial charge in [-0.25, -0.2) is 0 Å². The van der Waals surface area contributed by atoms with E-state index < -0.39 is 0 Å². The Labute approximate surface area is 235 Å². The number of hydrogen-bond donors (Lipinski definition) is 1. The molecule has 2 amide bonds. The minimum atomic E-state index is -0.184. The minimum Gasteiger partial charge on any atom is -0.496 e. The number of nitrogens with zero attached hydrogens (tertiary/aromatic N) is 2. The number of piperazine rings is 1. The lowest BCUT2D eigenvalue weighted by atomic mass is 10.1. The van der Waals surface area contributed by atoms with Gasteiger partial charge in [0.25, 0.3) is 5.91 Å². The van der Waals surface area contributed by atoms with Crippen molar-refractivity contribution in [1.82, 2.24) is 10.2 Å². The average molecular weight is 548 g/mol. The van der Waals surface area contributed by atoms with Crippen LogP contribution in [0.2, 0.25) is 0 Å². The summed E-state index contributed by atoms with van der Waals surface area (Å²) in [5, 5.41) is 3.16. The number of carbonyl (C=O) groups excluding carboxylic acids is 2. The zero-order valence-electron chi connectivity index (χ0n) is 23.3. The summed E-state index contributed by atoms with van der Waals surface area (Å²) in [6, 6.07) is 22.2. The number of hydrogen-bond acceptors (Lipinski definition) is 7. The van der Waals surface area contributed by atoms with Crippen LogP contribution in [-0.4, -0.2) is 76.9 Å². The Hall–Kier alpha value is -4.08. The van der Waals surface area contributed by atoms with Gasteiger partial charge in [-0.2, -0.15) is 0 Å². The van der Waals surface area contributed by atoms with E-state index in [0.717, 1.165) is 29.2 Å². The van der Waals surface area contributed by atoms with E-state index in [1.54, 1.807) is 50.4 Å². The van der Waals surface area contributed by atoms with E-state index in [2.05, 4.69) is 5.32 Å². The Balaban J connectivity index is 1.25. The number of ether oxygens (including phenoxy) is 4. The predicted octanol–water partition coefficient (Wildman–Crippen LogP) is 3.77. The van der Waals surface area contributed by atoms with Crippen LogP contribution in [0, 0.1) is 0 Å². The van der Waals surface area contributed by atoms with Crippen LogP contribution < -0.4 is 24.4 Å². The highest BCUT2D eigenvalue weighted by molar-refractivity contribution is 5.96. The topological polar surface area (TPSA) is 89.6 Å². The van der Waals surface area contributed by atoms with Crippen molar-refractivity contribution in [3.63, 3.8) is 0 Å². The summed E-state index contributed by atoms with van der Waals surface area (Å²) < 4.78 is 23.0. The Kier molecular flexibility index (Phi) is 10.4. The lowest BCUT2D eigenvalue weighted by Crippen LogP contribution is -2.57. The highest BCUT2D eigenvalue weighted by Gasteiger charge is 2.29. The summed E-state index contributed by atoms with van der Waals surface area (Å²) in [6.45, 7) is 2.77. The molecule has 0 saturated carbocycles. The van der Waals surface area contributed by atoms with Crippen LogP contribution in [0.1, 0.15) is 22.3 Å². The standard InChI is InChI=1S/C31H37N3O6/c1-33(2)31(36)23-9-13-28(14-10-23)40-22-26-19-32-20-30(35)34(26)25-11-15-27(16-12-25)39-18-6-17-38-21-24-7-4-5-8-29(24)37-3/h4-5,7-16,26,32H,6,17-22H2,1-3H3/t26-/m1/s1. The monoisotopic (exact) mass is 547 g/mol. The first kappa shape index (κ1) is 28.9. The first-order valence-electron chi connectivity index (χ1n) is 13.4. The molecule has 0 radical (unpaired) electrons. The van der Waals surface area contributed by atoms with Gasteiger partial charge in [-0.15, -0.1) is 0 Å². The number of methoxy groups -OCH3 is 1. The molecule has 3 aromatic rings. The van der Waals surface area contributed by atoms with Crippen LogP contribution in [0.4, 0.5) is 5.69 Å². The van der Waals surface area contributed by atoms with Crippen molar-refractivity contribution >= 4 is 17.5 Å². The predicted molar refractivity (Wildman–Crippen MR) is 153 cm³/mol. The number of anilines is 1. The number of carbonyl (C=O) groups is 2. The van der Waals surface area contributed by atoms with Crippen LogP contribution in [-0.2, 0) is 16.1 Å². The second kappa shape index (κ2) is 14.3. The summed E-state index contributed by atoms with van der Waals surface area (Å²) in [4.78, 5) is 28.2. The van der Waals surface area contributed by atoms with E-state index in [1.807, 2.05) is 48.5 Å². The number of para-hydroxylation sites is 1. The Morgan fingerprint density at radius 1 is 0.950 bits per heavy atom. The molecule has 0 unspecified atom stereocenters. The summed E-state index contributed by atoms with van der Waals surface area (Å²) in [5.41, 5.74) is 2.40.